The molecule has 1 heterocycles. The van der Waals surface area contributed by atoms with Gasteiger partial charge in [0.15, 0.2) is 0 Å². The molecule has 0 bridgehead atoms. The molecule has 0 aromatic carbocycles. The summed E-state index contributed by atoms with van der Waals surface area (Å²) < 4.78 is 37.2. The van der Waals surface area contributed by atoms with Crippen LogP contribution in [-0.4, -0.2) is 22.3 Å². The normalized spacial score (nSPS) is 12.0. The van der Waals surface area contributed by atoms with E-state index in [0.29, 0.717) is 6.54 Å². The highest BCUT2D eigenvalue weighted by Crippen LogP contribution is 2.20. The summed E-state index contributed by atoms with van der Waals surface area (Å²) in [5, 5.41) is 3.05. The average Bonchev–Trinajstić information content (AvgIpc) is 2.58. The fourth-order valence-electron chi connectivity index (χ4n) is 1.13. The topological polar surface area (TPSA) is 29.9 Å². The molecule has 0 spiro atoms. The Morgan fingerprint density at radius 1 is 1.47 bits per heavy atom. The monoisotopic (exact) mass is 221 g/mol. The van der Waals surface area contributed by atoms with Crippen LogP contribution in [0.4, 0.5) is 13.2 Å². The molecule has 6 heteroatoms. The maximum absolute atomic E-state index is 11.9. The van der Waals surface area contributed by atoms with Crippen molar-refractivity contribution in [2.45, 2.75) is 32.6 Å². The molecule has 0 aliphatic carbocycles. The fraction of sp³-hybridized carbons (Fsp3) is 0.667. The fourth-order valence-corrected chi connectivity index (χ4v) is 1.13. The number of imidazole rings is 1. The minimum Gasteiger partial charge on any atom is -0.337 e. The van der Waals surface area contributed by atoms with Crippen molar-refractivity contribution in [3.8, 4) is 0 Å². The second kappa shape index (κ2) is 5.16. The van der Waals surface area contributed by atoms with Crippen LogP contribution in [-0.2, 0) is 13.1 Å². The molecule has 1 N–H and O–H groups in total. The number of halogens is 3. The second-order valence-corrected chi connectivity index (χ2v) is 3.25. The Morgan fingerprint density at radius 3 is 2.80 bits per heavy atom. The van der Waals surface area contributed by atoms with E-state index >= 15 is 0 Å². The molecule has 0 saturated heterocycles. The van der Waals surface area contributed by atoms with Gasteiger partial charge in [0.2, 0.25) is 0 Å². The summed E-state index contributed by atoms with van der Waals surface area (Å²) in [5.74, 6) is 0. The molecule has 3 nitrogen and oxygen atoms in total. The van der Waals surface area contributed by atoms with Gasteiger partial charge in [0.25, 0.3) is 0 Å². The van der Waals surface area contributed by atoms with Crippen molar-refractivity contribution in [2.24, 2.45) is 0 Å². The van der Waals surface area contributed by atoms with Crippen LogP contribution in [0.1, 0.15) is 19.0 Å². The summed E-state index contributed by atoms with van der Waals surface area (Å²) in [6, 6.07) is 0. The maximum Gasteiger partial charge on any atom is 0.390 e. The van der Waals surface area contributed by atoms with E-state index in [4.69, 9.17) is 0 Å². The summed E-state index contributed by atoms with van der Waals surface area (Å²) in [4.78, 5) is 3.99. The summed E-state index contributed by atoms with van der Waals surface area (Å²) >= 11 is 0. The molecule has 0 radical (unpaired) electrons. The summed E-state index contributed by atoms with van der Waals surface area (Å²) in [6.07, 6.45) is -1.86. The minimum absolute atomic E-state index is 0.0668. The zero-order chi connectivity index (χ0) is 11.3. The number of nitrogens with zero attached hydrogens (tertiary/aromatic N) is 2. The third-order valence-electron chi connectivity index (χ3n) is 1.90. The summed E-state index contributed by atoms with van der Waals surface area (Å²) in [5.41, 5.74) is 0.763. The van der Waals surface area contributed by atoms with Crippen LogP contribution in [0.5, 0.6) is 0 Å². The van der Waals surface area contributed by atoms with Crippen molar-refractivity contribution in [1.29, 1.82) is 0 Å². The molecule has 15 heavy (non-hydrogen) atoms. The van der Waals surface area contributed by atoms with Crippen molar-refractivity contribution in [3.05, 3.63) is 18.2 Å². The Hall–Kier alpha value is -1.04. The molecule has 0 fully saturated rings. The quantitative estimate of drug-likeness (QED) is 0.823. The Bertz CT molecular complexity index is 293. The zero-order valence-corrected chi connectivity index (χ0v) is 8.51. The molecule has 0 saturated carbocycles. The molecule has 0 atom stereocenters. The Labute approximate surface area is 86.3 Å². The predicted octanol–water partition coefficient (Wildman–Crippen LogP) is 1.94. The van der Waals surface area contributed by atoms with Crippen LogP contribution < -0.4 is 5.32 Å². The van der Waals surface area contributed by atoms with Gasteiger partial charge < -0.3 is 9.88 Å². The van der Waals surface area contributed by atoms with Gasteiger partial charge in [-0.3, -0.25) is 0 Å². The molecular weight excluding hydrogens is 207 g/mol. The number of aromatic nitrogens is 2. The summed E-state index contributed by atoms with van der Waals surface area (Å²) in [7, 11) is 0. The molecule has 0 amide bonds. The molecule has 0 unspecified atom stereocenters. The summed E-state index contributed by atoms with van der Waals surface area (Å²) in [6.45, 7) is 3.30. The third kappa shape index (κ3) is 4.83. The van der Waals surface area contributed by atoms with Crippen molar-refractivity contribution in [2.75, 3.05) is 6.54 Å². The highest BCUT2D eigenvalue weighted by Gasteiger charge is 2.26. The molecule has 0 aliphatic heterocycles. The number of alkyl halides is 3. The minimum atomic E-state index is -4.11. The van der Waals surface area contributed by atoms with Crippen LogP contribution in [0.3, 0.4) is 0 Å². The van der Waals surface area contributed by atoms with Crippen molar-refractivity contribution in [1.82, 2.24) is 14.9 Å². The lowest BCUT2D eigenvalue weighted by molar-refractivity contribution is -0.136. The third-order valence-corrected chi connectivity index (χ3v) is 1.90. The van der Waals surface area contributed by atoms with Gasteiger partial charge in [-0.1, -0.05) is 6.92 Å². The van der Waals surface area contributed by atoms with Crippen LogP contribution >= 0.6 is 0 Å². The number of hydrogen-bond donors (Lipinski definition) is 1. The number of hydrogen-bond acceptors (Lipinski definition) is 2. The zero-order valence-electron chi connectivity index (χ0n) is 8.51. The van der Waals surface area contributed by atoms with Gasteiger partial charge in [0.05, 0.1) is 18.4 Å². The Balaban J connectivity index is 2.39. The van der Waals surface area contributed by atoms with Crippen LogP contribution in [0.2, 0.25) is 0 Å². The highest BCUT2D eigenvalue weighted by atomic mass is 19.4. The van der Waals surface area contributed by atoms with Gasteiger partial charge in [-0.25, -0.2) is 4.98 Å². The predicted molar refractivity (Wildman–Crippen MR) is 50.3 cm³/mol. The van der Waals surface area contributed by atoms with E-state index in [-0.39, 0.29) is 6.54 Å². The van der Waals surface area contributed by atoms with Crippen LogP contribution in [0.25, 0.3) is 0 Å². The van der Waals surface area contributed by atoms with Crippen LogP contribution in [0, 0.1) is 0 Å². The van der Waals surface area contributed by atoms with Crippen molar-refractivity contribution >= 4 is 0 Å². The molecule has 0 aliphatic rings. The Kier molecular flexibility index (Phi) is 4.14. The van der Waals surface area contributed by atoms with Gasteiger partial charge in [0.1, 0.15) is 0 Å². The Morgan fingerprint density at radius 2 is 2.20 bits per heavy atom. The van der Waals surface area contributed by atoms with E-state index in [1.165, 1.54) is 10.9 Å². The van der Waals surface area contributed by atoms with Gasteiger partial charge >= 0.3 is 6.18 Å². The first-order valence-corrected chi connectivity index (χ1v) is 4.79. The van der Waals surface area contributed by atoms with Gasteiger partial charge in [-0.15, -0.1) is 0 Å². The number of aryl methyl sites for hydroxylation is 1. The van der Waals surface area contributed by atoms with Gasteiger partial charge in [-0.05, 0) is 6.54 Å². The average molecular weight is 221 g/mol. The van der Waals surface area contributed by atoms with E-state index < -0.39 is 12.6 Å². The molecule has 1 aromatic rings. The first-order valence-electron chi connectivity index (χ1n) is 4.79. The van der Waals surface area contributed by atoms with E-state index in [0.717, 1.165) is 12.2 Å². The van der Waals surface area contributed by atoms with E-state index in [9.17, 15) is 13.2 Å². The maximum atomic E-state index is 11.9. The van der Waals surface area contributed by atoms with Crippen LogP contribution in [0.15, 0.2) is 12.5 Å². The van der Waals surface area contributed by atoms with Gasteiger partial charge in [-0.2, -0.15) is 13.2 Å². The number of nitrogens with one attached hydrogen (secondary N) is 1. The van der Waals surface area contributed by atoms with Crippen molar-refractivity contribution in [3.63, 3.8) is 0 Å². The highest BCUT2D eigenvalue weighted by molar-refractivity contribution is 4.95. The van der Waals surface area contributed by atoms with E-state index in [1.54, 1.807) is 6.20 Å². The number of rotatable bonds is 5. The smallest absolute Gasteiger partial charge is 0.337 e. The lowest BCUT2D eigenvalue weighted by Gasteiger charge is -2.05. The molecule has 1 aromatic heterocycles. The van der Waals surface area contributed by atoms with Gasteiger partial charge in [0, 0.05) is 19.3 Å². The molecule has 1 rings (SSSR count). The SMILES string of the molecule is CCNCc1cn(CCC(F)(F)F)cn1. The van der Waals surface area contributed by atoms with Crippen molar-refractivity contribution < 1.29 is 13.2 Å². The first-order chi connectivity index (χ1) is 7.01. The largest absolute Gasteiger partial charge is 0.390 e. The molecular formula is C9H14F3N3. The lowest BCUT2D eigenvalue weighted by Crippen LogP contribution is -2.12. The van der Waals surface area contributed by atoms with E-state index in [2.05, 4.69) is 10.3 Å². The second-order valence-electron chi connectivity index (χ2n) is 3.25. The first kappa shape index (κ1) is 12.0. The lowest BCUT2D eigenvalue weighted by atomic mass is 10.4. The van der Waals surface area contributed by atoms with E-state index in [1.807, 2.05) is 6.92 Å². The standard InChI is InChI=1S/C9H14F3N3/c1-2-13-5-8-6-15(7-14-8)4-3-9(10,11)12/h6-7,13H,2-5H2,1H3. The molecule has 86 valence electrons.